The summed E-state index contributed by atoms with van der Waals surface area (Å²) < 4.78 is 0. The summed E-state index contributed by atoms with van der Waals surface area (Å²) in [6.45, 7) is 0. The van der Waals surface area contributed by atoms with Gasteiger partial charge in [0.15, 0.2) is 0 Å². The Balaban J connectivity index is 2.29. The molecule has 1 fully saturated rings. The van der Waals surface area contributed by atoms with Crippen molar-refractivity contribution in [3.05, 3.63) is 0 Å². The average Bonchev–Trinajstić information content (AvgIpc) is 2.61. The lowest BCUT2D eigenvalue weighted by molar-refractivity contribution is -0.141. The molecule has 0 aromatic carbocycles. The SMILES string of the molecule is O=C(O)C1=NC2SCCC2CC1C(=O)O. The van der Waals surface area contributed by atoms with Gasteiger partial charge in [-0.3, -0.25) is 9.79 Å². The molecule has 2 aliphatic rings. The number of rotatable bonds is 2. The van der Waals surface area contributed by atoms with Gasteiger partial charge in [0.05, 0.1) is 5.37 Å². The van der Waals surface area contributed by atoms with Crippen LogP contribution in [0.3, 0.4) is 0 Å². The van der Waals surface area contributed by atoms with E-state index in [9.17, 15) is 9.59 Å². The Bertz CT molecular complexity index is 341. The quantitative estimate of drug-likeness (QED) is 0.727. The van der Waals surface area contributed by atoms with Gasteiger partial charge in [-0.15, -0.1) is 11.8 Å². The summed E-state index contributed by atoms with van der Waals surface area (Å²) in [5.41, 5.74) is -0.182. The molecule has 0 aromatic rings. The van der Waals surface area contributed by atoms with Crippen LogP contribution in [0.2, 0.25) is 0 Å². The van der Waals surface area contributed by atoms with E-state index in [-0.39, 0.29) is 17.0 Å². The number of carboxylic acids is 2. The van der Waals surface area contributed by atoms with Crippen LogP contribution in [-0.4, -0.2) is 39.0 Å². The Morgan fingerprint density at radius 2 is 2.13 bits per heavy atom. The first-order chi connectivity index (χ1) is 7.09. The number of carboxylic acid groups (broad SMARTS) is 2. The van der Waals surface area contributed by atoms with Crippen LogP contribution in [0.15, 0.2) is 4.99 Å². The lowest BCUT2D eigenvalue weighted by Gasteiger charge is -2.25. The van der Waals surface area contributed by atoms with Crippen molar-refractivity contribution in [2.24, 2.45) is 16.8 Å². The van der Waals surface area contributed by atoms with E-state index in [1.54, 1.807) is 11.8 Å². The summed E-state index contributed by atoms with van der Waals surface area (Å²) in [7, 11) is 0. The highest BCUT2D eigenvalue weighted by atomic mass is 32.2. The molecule has 0 aliphatic carbocycles. The minimum Gasteiger partial charge on any atom is -0.481 e. The fourth-order valence-corrected chi connectivity index (χ4v) is 3.45. The van der Waals surface area contributed by atoms with E-state index in [4.69, 9.17) is 10.2 Å². The van der Waals surface area contributed by atoms with Gasteiger partial charge in [0.25, 0.3) is 0 Å². The lowest BCUT2D eigenvalue weighted by atomic mass is 9.86. The maximum absolute atomic E-state index is 10.9. The largest absolute Gasteiger partial charge is 0.481 e. The zero-order chi connectivity index (χ0) is 11.0. The fourth-order valence-electron chi connectivity index (χ4n) is 2.06. The minimum atomic E-state index is -1.20. The van der Waals surface area contributed by atoms with Gasteiger partial charge in [0.1, 0.15) is 11.6 Å². The number of thioether (sulfide) groups is 1. The zero-order valence-electron chi connectivity index (χ0n) is 7.92. The minimum absolute atomic E-state index is 0.0355. The molecule has 82 valence electrons. The molecule has 0 saturated carbocycles. The fraction of sp³-hybridized carbons (Fsp3) is 0.667. The summed E-state index contributed by atoms with van der Waals surface area (Å²) in [6.07, 6.45) is 1.35. The molecule has 0 spiro atoms. The van der Waals surface area contributed by atoms with Crippen molar-refractivity contribution in [3.8, 4) is 0 Å². The van der Waals surface area contributed by atoms with E-state index in [2.05, 4.69) is 4.99 Å². The van der Waals surface area contributed by atoms with E-state index in [0.29, 0.717) is 6.42 Å². The van der Waals surface area contributed by atoms with Gasteiger partial charge >= 0.3 is 11.9 Å². The van der Waals surface area contributed by atoms with Crippen LogP contribution >= 0.6 is 11.8 Å². The van der Waals surface area contributed by atoms with Crippen LogP contribution in [0.5, 0.6) is 0 Å². The Morgan fingerprint density at radius 1 is 1.40 bits per heavy atom. The van der Waals surface area contributed by atoms with Crippen molar-refractivity contribution in [2.45, 2.75) is 18.2 Å². The molecule has 5 nitrogen and oxygen atoms in total. The molecule has 2 N–H and O–H groups in total. The van der Waals surface area contributed by atoms with Gasteiger partial charge in [0, 0.05) is 0 Å². The molecule has 15 heavy (non-hydrogen) atoms. The monoisotopic (exact) mass is 229 g/mol. The maximum Gasteiger partial charge on any atom is 0.350 e. The van der Waals surface area contributed by atoms with Crippen LogP contribution in [0.1, 0.15) is 12.8 Å². The third-order valence-electron chi connectivity index (χ3n) is 2.83. The van der Waals surface area contributed by atoms with E-state index in [1.807, 2.05) is 0 Å². The van der Waals surface area contributed by atoms with Gasteiger partial charge in [-0.05, 0) is 24.5 Å². The van der Waals surface area contributed by atoms with Crippen molar-refractivity contribution < 1.29 is 19.8 Å². The van der Waals surface area contributed by atoms with Crippen molar-refractivity contribution in [3.63, 3.8) is 0 Å². The first kappa shape index (κ1) is 10.5. The Kier molecular flexibility index (Phi) is 2.68. The number of aliphatic carboxylic acids is 2. The number of carbonyl (C=O) groups is 2. The van der Waals surface area contributed by atoms with Crippen LogP contribution in [-0.2, 0) is 9.59 Å². The smallest absolute Gasteiger partial charge is 0.350 e. The molecule has 2 rings (SSSR count). The Labute approximate surface area is 90.6 Å². The van der Waals surface area contributed by atoms with Gasteiger partial charge in [-0.2, -0.15) is 0 Å². The first-order valence-electron chi connectivity index (χ1n) is 4.75. The molecule has 3 atom stereocenters. The summed E-state index contributed by atoms with van der Waals surface area (Å²) >= 11 is 1.62. The van der Waals surface area contributed by atoms with Crippen molar-refractivity contribution in [2.75, 3.05) is 5.75 Å². The second-order valence-corrected chi connectivity index (χ2v) is 4.98. The summed E-state index contributed by atoms with van der Waals surface area (Å²) in [6, 6.07) is 0. The van der Waals surface area contributed by atoms with E-state index < -0.39 is 17.9 Å². The lowest BCUT2D eigenvalue weighted by Crippen LogP contribution is -2.37. The Morgan fingerprint density at radius 3 is 2.73 bits per heavy atom. The highest BCUT2D eigenvalue weighted by Gasteiger charge is 2.41. The van der Waals surface area contributed by atoms with Crippen LogP contribution in [0, 0.1) is 11.8 Å². The third-order valence-corrected chi connectivity index (χ3v) is 4.14. The van der Waals surface area contributed by atoms with Gasteiger partial charge in [0.2, 0.25) is 0 Å². The predicted octanol–water partition coefficient (Wildman–Crippen LogP) is 0.696. The molecule has 0 radical (unpaired) electrons. The standard InChI is InChI=1S/C9H11NO4S/c11-8(12)5-3-4-1-2-15-7(4)10-6(5)9(13)14/h4-5,7H,1-3H2,(H,11,12)(H,13,14). The molecule has 0 bridgehead atoms. The van der Waals surface area contributed by atoms with Gasteiger partial charge in [-0.1, -0.05) is 0 Å². The second-order valence-electron chi connectivity index (χ2n) is 3.76. The summed E-state index contributed by atoms with van der Waals surface area (Å²) in [4.78, 5) is 25.8. The molecule has 1 saturated heterocycles. The summed E-state index contributed by atoms with van der Waals surface area (Å²) in [5, 5.41) is 17.8. The maximum atomic E-state index is 10.9. The van der Waals surface area contributed by atoms with Crippen molar-refractivity contribution in [1.29, 1.82) is 0 Å². The zero-order valence-corrected chi connectivity index (χ0v) is 8.74. The van der Waals surface area contributed by atoms with Crippen LogP contribution in [0.25, 0.3) is 0 Å². The number of fused-ring (bicyclic) bond motifs is 1. The average molecular weight is 229 g/mol. The van der Waals surface area contributed by atoms with Gasteiger partial charge in [-0.25, -0.2) is 4.79 Å². The number of hydrogen-bond donors (Lipinski definition) is 2. The van der Waals surface area contributed by atoms with E-state index in [1.165, 1.54) is 0 Å². The number of nitrogens with zero attached hydrogens (tertiary/aromatic N) is 1. The third kappa shape index (κ3) is 1.86. The van der Waals surface area contributed by atoms with Gasteiger partial charge < -0.3 is 10.2 Å². The highest BCUT2D eigenvalue weighted by Crippen LogP contribution is 2.40. The number of aliphatic imine (C=N–C) groups is 1. The molecule has 2 heterocycles. The van der Waals surface area contributed by atoms with E-state index >= 15 is 0 Å². The topological polar surface area (TPSA) is 87.0 Å². The van der Waals surface area contributed by atoms with Crippen LogP contribution in [0.4, 0.5) is 0 Å². The Hall–Kier alpha value is -1.04. The first-order valence-corrected chi connectivity index (χ1v) is 5.80. The second kappa shape index (κ2) is 3.84. The normalized spacial score (nSPS) is 34.4. The summed E-state index contributed by atoms with van der Waals surface area (Å²) in [5.74, 6) is -2.03. The molecule has 0 amide bonds. The molecule has 6 heteroatoms. The molecule has 2 aliphatic heterocycles. The van der Waals surface area contributed by atoms with Crippen LogP contribution < -0.4 is 0 Å². The molecule has 3 unspecified atom stereocenters. The molecular formula is C9H11NO4S. The predicted molar refractivity (Wildman–Crippen MR) is 55.2 cm³/mol. The van der Waals surface area contributed by atoms with Crippen molar-refractivity contribution in [1.82, 2.24) is 0 Å². The number of hydrogen-bond acceptors (Lipinski definition) is 4. The highest BCUT2D eigenvalue weighted by molar-refractivity contribution is 8.00. The van der Waals surface area contributed by atoms with Crippen molar-refractivity contribution >= 4 is 29.4 Å². The van der Waals surface area contributed by atoms with E-state index in [0.717, 1.165) is 12.2 Å². The molecule has 0 aromatic heterocycles. The molecular weight excluding hydrogens is 218 g/mol.